The second-order valence-corrected chi connectivity index (χ2v) is 7.43. The van der Waals surface area contributed by atoms with Crippen LogP contribution in [0.1, 0.15) is 46.0 Å². The van der Waals surface area contributed by atoms with E-state index in [0.29, 0.717) is 11.4 Å². The van der Waals surface area contributed by atoms with Gasteiger partial charge < -0.3 is 0 Å². The molecule has 3 nitrogen and oxygen atoms in total. The lowest BCUT2D eigenvalue weighted by atomic mass is 9.58. The molecule has 2 atom stereocenters. The Kier molecular flexibility index (Phi) is 2.02. The zero-order valence-corrected chi connectivity index (χ0v) is 11.7. The Balaban J connectivity index is 1.80. The molecule has 4 saturated heterocycles. The van der Waals surface area contributed by atoms with Crippen molar-refractivity contribution in [3.05, 3.63) is 0 Å². The molecule has 0 radical (unpaired) electrons. The Morgan fingerprint density at radius 2 is 1.61 bits per heavy atom. The molecule has 0 aromatic heterocycles. The van der Waals surface area contributed by atoms with Gasteiger partial charge in [0.25, 0.3) is 0 Å². The van der Waals surface area contributed by atoms with E-state index in [1.54, 1.807) is 0 Å². The van der Waals surface area contributed by atoms with Gasteiger partial charge in [0, 0.05) is 26.2 Å². The number of hydrogen-bond donors (Lipinski definition) is 0. The summed E-state index contributed by atoms with van der Waals surface area (Å²) in [6.45, 7) is 8.52. The molecule has 1 saturated carbocycles. The summed E-state index contributed by atoms with van der Waals surface area (Å²) in [4.78, 5) is 18.2. The van der Waals surface area contributed by atoms with Crippen LogP contribution in [0, 0.1) is 10.8 Å². The van der Waals surface area contributed by atoms with Crippen molar-refractivity contribution in [1.82, 2.24) is 9.80 Å². The Morgan fingerprint density at radius 1 is 1.06 bits per heavy atom. The van der Waals surface area contributed by atoms with Gasteiger partial charge in [-0.25, -0.2) is 0 Å². The molecule has 5 rings (SSSR count). The normalized spacial score (nSPS) is 52.4. The summed E-state index contributed by atoms with van der Waals surface area (Å²) in [6.07, 6.45) is 6.42. The highest BCUT2D eigenvalue weighted by Crippen LogP contribution is 2.56. The van der Waals surface area contributed by atoms with E-state index in [2.05, 4.69) is 23.6 Å². The molecule has 1 aliphatic carbocycles. The van der Waals surface area contributed by atoms with Gasteiger partial charge >= 0.3 is 0 Å². The molecule has 5 fully saturated rings. The fraction of sp³-hybridized carbons (Fsp3) is 0.933. The second kappa shape index (κ2) is 3.18. The lowest BCUT2D eigenvalue weighted by Crippen LogP contribution is -2.82. The summed E-state index contributed by atoms with van der Waals surface area (Å²) in [5, 5.41) is 0. The van der Waals surface area contributed by atoms with Gasteiger partial charge in [-0.3, -0.25) is 14.6 Å². The van der Waals surface area contributed by atoms with Crippen LogP contribution in [0.5, 0.6) is 0 Å². The first-order valence-electron chi connectivity index (χ1n) is 7.60. The number of carbonyl (C=O) groups is 1. The lowest BCUT2D eigenvalue weighted by Gasteiger charge is -2.70. The SMILES string of the molecule is CCC12CN3CC(C)(CN(C1)C31CCCC1)C2=O. The molecule has 0 N–H and O–H groups in total. The average molecular weight is 248 g/mol. The molecule has 0 aromatic rings. The van der Waals surface area contributed by atoms with Gasteiger partial charge in [-0.1, -0.05) is 26.7 Å². The summed E-state index contributed by atoms with van der Waals surface area (Å²) < 4.78 is 0. The molecule has 2 unspecified atom stereocenters. The van der Waals surface area contributed by atoms with Crippen LogP contribution >= 0.6 is 0 Å². The van der Waals surface area contributed by atoms with Gasteiger partial charge in [-0.05, 0) is 19.3 Å². The molecule has 4 aliphatic heterocycles. The molecular weight excluding hydrogens is 224 g/mol. The van der Waals surface area contributed by atoms with E-state index < -0.39 is 0 Å². The highest BCUT2D eigenvalue weighted by molar-refractivity contribution is 5.93. The smallest absolute Gasteiger partial charge is 0.150 e. The van der Waals surface area contributed by atoms with Gasteiger partial charge in [-0.15, -0.1) is 0 Å². The van der Waals surface area contributed by atoms with Gasteiger partial charge in [0.1, 0.15) is 5.78 Å². The molecule has 0 amide bonds. The third kappa shape index (κ3) is 1.07. The van der Waals surface area contributed by atoms with Crippen LogP contribution in [-0.2, 0) is 4.79 Å². The largest absolute Gasteiger partial charge is 0.298 e. The number of hydrogen-bond acceptors (Lipinski definition) is 3. The first-order chi connectivity index (χ1) is 8.55. The van der Waals surface area contributed by atoms with Crippen LogP contribution in [0.15, 0.2) is 0 Å². The maximum absolute atomic E-state index is 12.8. The molecular formula is C15H24N2O. The number of rotatable bonds is 1. The van der Waals surface area contributed by atoms with E-state index in [-0.39, 0.29) is 10.8 Å². The third-order valence-electron chi connectivity index (χ3n) is 6.35. The number of ketones is 1. The van der Waals surface area contributed by atoms with E-state index in [9.17, 15) is 4.79 Å². The number of Topliss-reactive ketones (excluding diaryl/α,β-unsaturated/α-hetero) is 1. The predicted molar refractivity (Wildman–Crippen MR) is 70.2 cm³/mol. The van der Waals surface area contributed by atoms with Crippen molar-refractivity contribution in [3.8, 4) is 0 Å². The minimum Gasteiger partial charge on any atom is -0.298 e. The predicted octanol–water partition coefficient (Wildman–Crippen LogP) is 1.87. The van der Waals surface area contributed by atoms with Crippen molar-refractivity contribution in [1.29, 1.82) is 0 Å². The molecule has 1 spiro atoms. The van der Waals surface area contributed by atoms with Crippen molar-refractivity contribution < 1.29 is 4.79 Å². The first-order valence-corrected chi connectivity index (χ1v) is 7.60. The molecule has 100 valence electrons. The van der Waals surface area contributed by atoms with Crippen molar-refractivity contribution in [2.75, 3.05) is 26.2 Å². The van der Waals surface area contributed by atoms with Gasteiger partial charge in [0.05, 0.1) is 16.5 Å². The fourth-order valence-electron chi connectivity index (χ4n) is 5.46. The summed E-state index contributed by atoms with van der Waals surface area (Å²) >= 11 is 0. The lowest BCUT2D eigenvalue weighted by molar-refractivity contribution is -0.231. The maximum atomic E-state index is 12.8. The van der Waals surface area contributed by atoms with E-state index >= 15 is 0 Å². The zero-order valence-electron chi connectivity index (χ0n) is 11.7. The molecule has 4 bridgehead atoms. The van der Waals surface area contributed by atoms with Crippen LogP contribution in [0.3, 0.4) is 0 Å². The van der Waals surface area contributed by atoms with Crippen molar-refractivity contribution in [2.24, 2.45) is 10.8 Å². The number of nitrogens with zero attached hydrogens (tertiary/aromatic N) is 2. The maximum Gasteiger partial charge on any atom is 0.150 e. The Hall–Kier alpha value is -0.410. The standard InChI is InChI=1S/C15H24N2O/c1-3-14-10-16-8-13(2,12(14)18)9-17(11-14)15(16)6-4-5-7-15/h3-11H2,1-2H3. The summed E-state index contributed by atoms with van der Waals surface area (Å²) in [7, 11) is 0. The molecule has 3 heteroatoms. The minimum absolute atomic E-state index is 0.0426. The van der Waals surface area contributed by atoms with E-state index in [1.165, 1.54) is 25.7 Å². The van der Waals surface area contributed by atoms with Gasteiger partial charge in [0.2, 0.25) is 0 Å². The third-order valence-corrected chi connectivity index (χ3v) is 6.35. The highest BCUT2D eigenvalue weighted by Gasteiger charge is 2.67. The number of piperidine rings is 2. The Labute approximate surface area is 110 Å². The second-order valence-electron chi connectivity index (χ2n) is 7.43. The Morgan fingerprint density at radius 3 is 2.11 bits per heavy atom. The van der Waals surface area contributed by atoms with Gasteiger partial charge in [0.15, 0.2) is 0 Å². The van der Waals surface area contributed by atoms with E-state index in [0.717, 1.165) is 32.6 Å². The highest BCUT2D eigenvalue weighted by atomic mass is 16.1. The van der Waals surface area contributed by atoms with Crippen molar-refractivity contribution in [3.63, 3.8) is 0 Å². The Bertz CT molecular complexity index is 393. The summed E-state index contributed by atoms with van der Waals surface area (Å²) in [5.41, 5.74) is 0.221. The van der Waals surface area contributed by atoms with Crippen molar-refractivity contribution in [2.45, 2.75) is 51.6 Å². The van der Waals surface area contributed by atoms with Crippen LogP contribution < -0.4 is 0 Å². The topological polar surface area (TPSA) is 23.6 Å². The van der Waals surface area contributed by atoms with Crippen LogP contribution in [0.25, 0.3) is 0 Å². The van der Waals surface area contributed by atoms with Crippen LogP contribution in [0.4, 0.5) is 0 Å². The average Bonchev–Trinajstić information content (AvgIpc) is 2.80. The summed E-state index contributed by atoms with van der Waals surface area (Å²) in [5.74, 6) is 0.567. The quantitative estimate of drug-likeness (QED) is 0.708. The molecule has 4 heterocycles. The van der Waals surface area contributed by atoms with Crippen LogP contribution in [-0.4, -0.2) is 47.4 Å². The number of carbonyl (C=O) groups excluding carboxylic acids is 1. The molecule has 5 aliphatic rings. The van der Waals surface area contributed by atoms with E-state index in [1.807, 2.05) is 0 Å². The van der Waals surface area contributed by atoms with Gasteiger partial charge in [-0.2, -0.15) is 0 Å². The minimum atomic E-state index is -0.0830. The van der Waals surface area contributed by atoms with E-state index in [4.69, 9.17) is 0 Å². The molecule has 18 heavy (non-hydrogen) atoms. The zero-order chi connectivity index (χ0) is 12.6. The fourth-order valence-corrected chi connectivity index (χ4v) is 5.46. The summed E-state index contributed by atoms with van der Waals surface area (Å²) in [6, 6.07) is 0. The van der Waals surface area contributed by atoms with Crippen molar-refractivity contribution >= 4 is 5.78 Å². The first kappa shape index (κ1) is 11.4. The molecule has 0 aromatic carbocycles. The van der Waals surface area contributed by atoms with Crippen LogP contribution in [0.2, 0.25) is 0 Å². The monoisotopic (exact) mass is 248 g/mol.